The van der Waals surface area contributed by atoms with Crippen LogP contribution >= 0.6 is 0 Å². The smallest absolute Gasteiger partial charge is 0.406 e. The lowest BCUT2D eigenvalue weighted by Crippen LogP contribution is -2.16. The minimum atomic E-state index is -4.75. The van der Waals surface area contributed by atoms with Crippen LogP contribution in [0.5, 0.6) is 11.5 Å². The van der Waals surface area contributed by atoms with E-state index in [2.05, 4.69) is 9.47 Å². The predicted octanol–water partition coefficient (Wildman–Crippen LogP) is 6.82. The number of hydrogen-bond acceptors (Lipinski definition) is 2. The molecule has 0 aromatic heterocycles. The van der Waals surface area contributed by atoms with Gasteiger partial charge in [0.25, 0.3) is 0 Å². The summed E-state index contributed by atoms with van der Waals surface area (Å²) < 4.78 is 80.8. The minimum Gasteiger partial charge on any atom is -0.406 e. The highest BCUT2D eigenvalue weighted by Gasteiger charge is 2.31. The Morgan fingerprint density at radius 1 is 0.393 bits per heavy atom. The Hall–Kier alpha value is -3.16. The molecule has 2 nitrogen and oxygen atoms in total. The van der Waals surface area contributed by atoms with E-state index in [-0.39, 0.29) is 11.5 Å². The van der Waals surface area contributed by atoms with Crippen LogP contribution in [0.3, 0.4) is 0 Å². The first-order valence-corrected chi connectivity index (χ1v) is 7.91. The Balaban J connectivity index is 1.73. The van der Waals surface area contributed by atoms with Crippen molar-refractivity contribution in [2.75, 3.05) is 0 Å². The number of halogens is 6. The van der Waals surface area contributed by atoms with Gasteiger partial charge in [0.2, 0.25) is 0 Å². The van der Waals surface area contributed by atoms with Crippen molar-refractivity contribution in [2.45, 2.75) is 12.7 Å². The summed E-state index contributed by atoms with van der Waals surface area (Å²) in [5.41, 5.74) is 2.91. The maximum absolute atomic E-state index is 12.2. The molecule has 0 spiro atoms. The van der Waals surface area contributed by atoms with Gasteiger partial charge in [-0.1, -0.05) is 48.5 Å². The SMILES string of the molecule is FC(F)(F)Oc1ccc(-c2ccc(-c3ccc(OC(F)(F)F)cc3)cc2)cc1. The van der Waals surface area contributed by atoms with E-state index in [9.17, 15) is 26.3 Å². The molecule has 3 aromatic rings. The van der Waals surface area contributed by atoms with Crippen molar-refractivity contribution in [3.8, 4) is 33.8 Å². The van der Waals surface area contributed by atoms with Crippen LogP contribution in [-0.4, -0.2) is 12.7 Å². The topological polar surface area (TPSA) is 18.5 Å². The first-order chi connectivity index (χ1) is 13.1. The lowest BCUT2D eigenvalue weighted by Gasteiger charge is -2.10. The average molecular weight is 398 g/mol. The van der Waals surface area contributed by atoms with E-state index in [0.29, 0.717) is 11.1 Å². The highest BCUT2D eigenvalue weighted by molar-refractivity contribution is 5.71. The molecule has 0 unspecified atom stereocenters. The van der Waals surface area contributed by atoms with Gasteiger partial charge in [0, 0.05) is 0 Å². The van der Waals surface area contributed by atoms with Gasteiger partial charge in [-0.2, -0.15) is 0 Å². The van der Waals surface area contributed by atoms with Crippen LogP contribution in [0, 0.1) is 0 Å². The molecule has 0 heterocycles. The van der Waals surface area contributed by atoms with Crippen molar-refractivity contribution in [3.63, 3.8) is 0 Å². The van der Waals surface area contributed by atoms with E-state index in [1.54, 1.807) is 24.3 Å². The van der Waals surface area contributed by atoms with Crippen molar-refractivity contribution < 1.29 is 35.8 Å². The van der Waals surface area contributed by atoms with Crippen molar-refractivity contribution in [3.05, 3.63) is 72.8 Å². The van der Waals surface area contributed by atoms with Crippen molar-refractivity contribution in [2.24, 2.45) is 0 Å². The zero-order valence-corrected chi connectivity index (χ0v) is 14.0. The van der Waals surface area contributed by atoms with E-state index in [0.717, 1.165) is 11.1 Å². The van der Waals surface area contributed by atoms with E-state index in [1.165, 1.54) is 48.5 Å². The van der Waals surface area contributed by atoms with Gasteiger partial charge in [0.15, 0.2) is 0 Å². The molecule has 3 rings (SSSR count). The molecule has 8 heteroatoms. The standard InChI is InChI=1S/C20H12F6O2/c21-19(22,23)27-17-9-5-15(6-10-17)13-1-2-14(4-3-13)16-7-11-18(12-8-16)28-20(24,25)26/h1-12H. The van der Waals surface area contributed by atoms with Crippen molar-refractivity contribution in [1.29, 1.82) is 0 Å². The molecule has 0 amide bonds. The second kappa shape index (κ2) is 7.46. The number of rotatable bonds is 4. The van der Waals surface area contributed by atoms with Crippen LogP contribution in [0.15, 0.2) is 72.8 Å². The van der Waals surface area contributed by atoms with Gasteiger partial charge in [-0.15, -0.1) is 26.3 Å². The van der Waals surface area contributed by atoms with Gasteiger partial charge in [-0.25, -0.2) is 0 Å². The fraction of sp³-hybridized carbons (Fsp3) is 0.100. The van der Waals surface area contributed by atoms with E-state index in [4.69, 9.17) is 0 Å². The Morgan fingerprint density at radius 3 is 0.821 bits per heavy atom. The molecule has 28 heavy (non-hydrogen) atoms. The summed E-state index contributed by atoms with van der Waals surface area (Å²) in [5.74, 6) is -0.622. The van der Waals surface area contributed by atoms with E-state index in [1.807, 2.05) is 0 Å². The monoisotopic (exact) mass is 398 g/mol. The maximum Gasteiger partial charge on any atom is 0.573 e. The maximum atomic E-state index is 12.2. The van der Waals surface area contributed by atoms with Crippen molar-refractivity contribution in [1.82, 2.24) is 0 Å². The van der Waals surface area contributed by atoms with Crippen LogP contribution in [-0.2, 0) is 0 Å². The van der Waals surface area contributed by atoms with Crippen molar-refractivity contribution >= 4 is 0 Å². The fourth-order valence-corrected chi connectivity index (χ4v) is 2.55. The first kappa shape index (κ1) is 19.6. The van der Waals surface area contributed by atoms with Crippen LogP contribution < -0.4 is 9.47 Å². The number of ether oxygens (including phenoxy) is 2. The predicted molar refractivity (Wildman–Crippen MR) is 90.7 cm³/mol. The van der Waals surface area contributed by atoms with E-state index < -0.39 is 12.7 Å². The molecule has 146 valence electrons. The molecular weight excluding hydrogens is 386 g/mol. The zero-order valence-electron chi connectivity index (χ0n) is 14.0. The molecule has 0 aliphatic rings. The average Bonchev–Trinajstić information content (AvgIpc) is 2.61. The van der Waals surface area contributed by atoms with Crippen LogP contribution in [0.2, 0.25) is 0 Å². The highest BCUT2D eigenvalue weighted by atomic mass is 19.4. The highest BCUT2D eigenvalue weighted by Crippen LogP contribution is 2.30. The zero-order chi connectivity index (χ0) is 20.4. The fourth-order valence-electron chi connectivity index (χ4n) is 2.55. The molecule has 3 aromatic carbocycles. The summed E-state index contributed by atoms with van der Waals surface area (Å²) in [7, 11) is 0. The van der Waals surface area contributed by atoms with Gasteiger partial charge < -0.3 is 9.47 Å². The van der Waals surface area contributed by atoms with Gasteiger partial charge >= 0.3 is 12.7 Å². The third kappa shape index (κ3) is 5.42. The Bertz CT molecular complexity index is 833. The molecule has 0 aliphatic heterocycles. The van der Waals surface area contributed by atoms with Gasteiger partial charge in [-0.05, 0) is 46.5 Å². The Kier molecular flexibility index (Phi) is 5.22. The Morgan fingerprint density at radius 2 is 0.607 bits per heavy atom. The number of alkyl halides is 6. The van der Waals surface area contributed by atoms with Gasteiger partial charge in [0.1, 0.15) is 11.5 Å². The summed E-state index contributed by atoms with van der Waals surface area (Å²) in [6, 6.07) is 17.9. The quantitative estimate of drug-likeness (QED) is 0.449. The summed E-state index contributed by atoms with van der Waals surface area (Å²) in [4.78, 5) is 0. The van der Waals surface area contributed by atoms with E-state index >= 15 is 0 Å². The summed E-state index contributed by atoms with van der Waals surface area (Å²) in [5, 5.41) is 0. The molecular formula is C20H12F6O2. The molecule has 0 N–H and O–H groups in total. The minimum absolute atomic E-state index is 0.311. The third-order valence-electron chi connectivity index (χ3n) is 3.73. The largest absolute Gasteiger partial charge is 0.573 e. The molecule has 0 saturated carbocycles. The molecule has 0 atom stereocenters. The normalized spacial score (nSPS) is 11.9. The second-order valence-corrected chi connectivity index (χ2v) is 5.72. The molecule has 0 saturated heterocycles. The van der Waals surface area contributed by atoms with Crippen LogP contribution in [0.1, 0.15) is 0 Å². The summed E-state index contributed by atoms with van der Waals surface area (Å²) in [6.45, 7) is 0. The molecule has 0 radical (unpaired) electrons. The first-order valence-electron chi connectivity index (χ1n) is 7.91. The van der Waals surface area contributed by atoms with Crippen LogP contribution in [0.4, 0.5) is 26.3 Å². The molecule has 0 bridgehead atoms. The molecule has 0 fully saturated rings. The summed E-state index contributed by atoms with van der Waals surface area (Å²) in [6.07, 6.45) is -9.49. The Labute approximate surface area is 155 Å². The molecule has 0 aliphatic carbocycles. The number of benzene rings is 3. The second-order valence-electron chi connectivity index (χ2n) is 5.72. The van der Waals surface area contributed by atoms with Gasteiger partial charge in [-0.3, -0.25) is 0 Å². The lowest BCUT2D eigenvalue weighted by molar-refractivity contribution is -0.275. The lowest BCUT2D eigenvalue weighted by atomic mass is 10.0. The van der Waals surface area contributed by atoms with Crippen LogP contribution in [0.25, 0.3) is 22.3 Å². The summed E-state index contributed by atoms with van der Waals surface area (Å²) >= 11 is 0. The third-order valence-corrected chi connectivity index (χ3v) is 3.73. The number of hydrogen-bond donors (Lipinski definition) is 0. The van der Waals surface area contributed by atoms with Gasteiger partial charge in [0.05, 0.1) is 0 Å².